The molecule has 1 aromatic heterocycles. The highest BCUT2D eigenvalue weighted by Crippen LogP contribution is 2.10. The van der Waals surface area contributed by atoms with Crippen LogP contribution in [0.15, 0.2) is 6.07 Å². The van der Waals surface area contributed by atoms with Crippen LogP contribution in [0.25, 0.3) is 0 Å². The summed E-state index contributed by atoms with van der Waals surface area (Å²) in [6.45, 7) is 4.42. The molecule has 106 valence electrons. The molecule has 0 unspecified atom stereocenters. The number of aryl methyl sites for hydroxylation is 1. The van der Waals surface area contributed by atoms with Gasteiger partial charge in [-0.1, -0.05) is 12.2 Å². The van der Waals surface area contributed by atoms with Gasteiger partial charge in [0.1, 0.15) is 10.7 Å². The molecular weight excluding hydrogens is 264 g/mol. The number of methoxy groups -OCH3 is 2. The number of hydrogen-bond donors (Lipinski definition) is 1. The predicted octanol–water partition coefficient (Wildman–Crippen LogP) is 0.518. The van der Waals surface area contributed by atoms with Crippen LogP contribution in [0.1, 0.15) is 11.4 Å². The fourth-order valence-electron chi connectivity index (χ4n) is 1.54. The fraction of sp³-hybridized carbons (Fsp3) is 0.583. The van der Waals surface area contributed by atoms with E-state index in [9.17, 15) is 0 Å². The van der Waals surface area contributed by atoms with Gasteiger partial charge in [-0.25, -0.2) is 9.97 Å². The van der Waals surface area contributed by atoms with Crippen molar-refractivity contribution in [3.63, 3.8) is 0 Å². The van der Waals surface area contributed by atoms with Gasteiger partial charge in [-0.15, -0.1) is 0 Å². The fourth-order valence-corrected chi connectivity index (χ4v) is 1.64. The lowest BCUT2D eigenvalue weighted by atomic mass is 10.3. The summed E-state index contributed by atoms with van der Waals surface area (Å²) in [5.74, 6) is 0.594. The molecule has 0 saturated carbocycles. The van der Waals surface area contributed by atoms with Crippen molar-refractivity contribution < 1.29 is 9.47 Å². The van der Waals surface area contributed by atoms with E-state index in [1.807, 2.05) is 11.8 Å². The number of hydrogen-bond acceptors (Lipinski definition) is 6. The summed E-state index contributed by atoms with van der Waals surface area (Å²) < 4.78 is 10.2. The summed E-state index contributed by atoms with van der Waals surface area (Å²) in [6.07, 6.45) is 0. The second-order valence-corrected chi connectivity index (χ2v) is 4.47. The average Bonchev–Trinajstić information content (AvgIpc) is 2.38. The lowest BCUT2D eigenvalue weighted by Crippen LogP contribution is -2.33. The van der Waals surface area contributed by atoms with Crippen LogP contribution in [0.3, 0.4) is 0 Å². The highest BCUT2D eigenvalue weighted by Gasteiger charge is 2.12. The zero-order chi connectivity index (χ0) is 14.3. The van der Waals surface area contributed by atoms with Gasteiger partial charge in [-0.05, 0) is 13.0 Å². The summed E-state index contributed by atoms with van der Waals surface area (Å²) >= 11 is 4.96. The minimum atomic E-state index is 0.269. The van der Waals surface area contributed by atoms with E-state index in [1.165, 1.54) is 0 Å². The van der Waals surface area contributed by atoms with Crippen molar-refractivity contribution in [1.29, 1.82) is 0 Å². The first-order valence-corrected chi connectivity index (χ1v) is 6.37. The summed E-state index contributed by atoms with van der Waals surface area (Å²) in [7, 11) is 3.32. The molecule has 0 amide bonds. The Balaban J connectivity index is 2.95. The predicted molar refractivity (Wildman–Crippen MR) is 78.6 cm³/mol. The molecule has 7 heteroatoms. The van der Waals surface area contributed by atoms with Crippen LogP contribution in [0.2, 0.25) is 0 Å². The topological polar surface area (TPSA) is 73.5 Å². The lowest BCUT2D eigenvalue weighted by Gasteiger charge is -2.22. The zero-order valence-corrected chi connectivity index (χ0v) is 12.4. The quantitative estimate of drug-likeness (QED) is 0.698. The minimum Gasteiger partial charge on any atom is -0.388 e. The maximum Gasteiger partial charge on any atom is 0.226 e. The number of nitrogens with zero attached hydrogens (tertiary/aromatic N) is 3. The van der Waals surface area contributed by atoms with E-state index in [1.54, 1.807) is 20.3 Å². The number of ether oxygens (including phenoxy) is 2. The van der Waals surface area contributed by atoms with Crippen molar-refractivity contribution in [1.82, 2.24) is 9.97 Å². The third kappa shape index (κ3) is 5.06. The van der Waals surface area contributed by atoms with Gasteiger partial charge in [0.2, 0.25) is 5.95 Å². The third-order valence-electron chi connectivity index (χ3n) is 2.51. The van der Waals surface area contributed by atoms with Gasteiger partial charge < -0.3 is 20.1 Å². The van der Waals surface area contributed by atoms with Gasteiger partial charge in [0.25, 0.3) is 0 Å². The van der Waals surface area contributed by atoms with Crippen LogP contribution < -0.4 is 10.6 Å². The molecule has 1 rings (SSSR count). The van der Waals surface area contributed by atoms with E-state index in [2.05, 4.69) is 9.97 Å². The lowest BCUT2D eigenvalue weighted by molar-refractivity contribution is 0.189. The summed E-state index contributed by atoms with van der Waals surface area (Å²) in [5.41, 5.74) is 7.03. The molecule has 0 aliphatic rings. The van der Waals surface area contributed by atoms with Crippen LogP contribution in [-0.2, 0) is 9.47 Å². The van der Waals surface area contributed by atoms with E-state index < -0.39 is 0 Å². The van der Waals surface area contributed by atoms with Gasteiger partial charge in [0.05, 0.1) is 13.2 Å². The van der Waals surface area contributed by atoms with E-state index >= 15 is 0 Å². The Morgan fingerprint density at radius 1 is 1.26 bits per heavy atom. The van der Waals surface area contributed by atoms with Crippen molar-refractivity contribution in [2.45, 2.75) is 6.92 Å². The van der Waals surface area contributed by atoms with Crippen LogP contribution >= 0.6 is 12.2 Å². The second-order valence-electron chi connectivity index (χ2n) is 4.03. The number of aromatic nitrogens is 2. The van der Waals surface area contributed by atoms with Crippen molar-refractivity contribution in [2.75, 3.05) is 45.4 Å². The molecule has 0 radical (unpaired) electrons. The first kappa shape index (κ1) is 15.7. The number of thiocarbonyl (C=S) groups is 1. The number of nitrogens with two attached hydrogens (primary N) is 1. The van der Waals surface area contributed by atoms with E-state index in [0.717, 1.165) is 5.69 Å². The summed E-state index contributed by atoms with van der Waals surface area (Å²) in [5, 5.41) is 0. The van der Waals surface area contributed by atoms with Crippen LogP contribution in [0, 0.1) is 6.92 Å². The number of rotatable bonds is 8. The Kier molecular flexibility index (Phi) is 6.61. The van der Waals surface area contributed by atoms with Crippen molar-refractivity contribution in [2.24, 2.45) is 5.73 Å². The molecule has 2 N–H and O–H groups in total. The molecular formula is C12H20N4O2S. The smallest absolute Gasteiger partial charge is 0.226 e. The molecule has 1 aromatic rings. The molecule has 0 atom stereocenters. The molecule has 0 aromatic carbocycles. The van der Waals surface area contributed by atoms with E-state index in [-0.39, 0.29) is 4.99 Å². The molecule has 19 heavy (non-hydrogen) atoms. The highest BCUT2D eigenvalue weighted by atomic mass is 32.1. The first-order valence-electron chi connectivity index (χ1n) is 5.96. The maximum absolute atomic E-state index is 5.63. The van der Waals surface area contributed by atoms with Gasteiger partial charge >= 0.3 is 0 Å². The van der Waals surface area contributed by atoms with E-state index in [0.29, 0.717) is 37.9 Å². The van der Waals surface area contributed by atoms with Crippen molar-refractivity contribution in [3.8, 4) is 0 Å². The third-order valence-corrected chi connectivity index (χ3v) is 2.72. The largest absolute Gasteiger partial charge is 0.388 e. The van der Waals surface area contributed by atoms with Gasteiger partial charge in [-0.2, -0.15) is 0 Å². The summed E-state index contributed by atoms with van der Waals surface area (Å²) in [6, 6.07) is 1.77. The normalized spacial score (nSPS) is 10.5. The monoisotopic (exact) mass is 284 g/mol. The average molecular weight is 284 g/mol. The molecule has 0 aliphatic heterocycles. The second kappa shape index (κ2) is 7.98. The van der Waals surface area contributed by atoms with Crippen LogP contribution in [0.4, 0.5) is 5.95 Å². The molecule has 0 saturated heterocycles. The highest BCUT2D eigenvalue weighted by molar-refractivity contribution is 7.80. The molecule has 0 aliphatic carbocycles. The molecule has 0 spiro atoms. The van der Waals surface area contributed by atoms with E-state index in [4.69, 9.17) is 27.4 Å². The Bertz CT molecular complexity index is 420. The van der Waals surface area contributed by atoms with Gasteiger partial charge in [0, 0.05) is 33.0 Å². The minimum absolute atomic E-state index is 0.269. The van der Waals surface area contributed by atoms with Crippen LogP contribution in [0.5, 0.6) is 0 Å². The van der Waals surface area contributed by atoms with Crippen molar-refractivity contribution >= 4 is 23.2 Å². The van der Waals surface area contributed by atoms with Crippen molar-refractivity contribution in [3.05, 3.63) is 17.5 Å². The SMILES string of the molecule is COCCN(CCOC)c1nc(C)cc(C(N)=S)n1. The molecule has 0 fully saturated rings. The molecule has 6 nitrogen and oxygen atoms in total. The zero-order valence-electron chi connectivity index (χ0n) is 11.5. The summed E-state index contributed by atoms with van der Waals surface area (Å²) in [4.78, 5) is 11.0. The Morgan fingerprint density at radius 3 is 2.32 bits per heavy atom. The van der Waals surface area contributed by atoms with Gasteiger partial charge in [-0.3, -0.25) is 0 Å². The first-order chi connectivity index (χ1) is 9.08. The molecule has 1 heterocycles. The standard InChI is InChI=1S/C12H20N4O2S/c1-9-8-10(11(13)19)15-12(14-9)16(4-6-17-2)5-7-18-3/h8H,4-7H2,1-3H3,(H2,13,19). The van der Waals surface area contributed by atoms with Gasteiger partial charge in [0.15, 0.2) is 0 Å². The number of anilines is 1. The molecule has 0 bridgehead atoms. The maximum atomic E-state index is 5.63. The Labute approximate surface area is 118 Å². The Morgan fingerprint density at radius 2 is 1.84 bits per heavy atom. The Hall–Kier alpha value is -1.31. The van der Waals surface area contributed by atoms with Crippen LogP contribution in [-0.4, -0.2) is 55.5 Å².